The van der Waals surface area contributed by atoms with Crippen LogP contribution in [0.1, 0.15) is 17.4 Å². The molecule has 0 spiro atoms. The summed E-state index contributed by atoms with van der Waals surface area (Å²) in [7, 11) is 1.63. The molecule has 1 heterocycles. The van der Waals surface area contributed by atoms with Crippen LogP contribution in [0.15, 0.2) is 46.0 Å². The summed E-state index contributed by atoms with van der Waals surface area (Å²) in [5, 5.41) is 17.7. The lowest BCUT2D eigenvalue weighted by Gasteiger charge is -2.14. The fourth-order valence-electron chi connectivity index (χ4n) is 2.26. The van der Waals surface area contributed by atoms with Crippen molar-refractivity contribution in [2.75, 3.05) is 33.4 Å². The number of ether oxygens (including phenoxy) is 1. The summed E-state index contributed by atoms with van der Waals surface area (Å²) < 4.78 is 10.3. The number of furan rings is 1. The molecule has 6 nitrogen and oxygen atoms in total. The number of halogens is 2. The number of hydrogen-bond acceptors (Lipinski definition) is 4. The lowest BCUT2D eigenvalue weighted by Crippen LogP contribution is -2.40. The van der Waals surface area contributed by atoms with E-state index in [-0.39, 0.29) is 6.54 Å². The van der Waals surface area contributed by atoms with Gasteiger partial charge in [0.25, 0.3) is 0 Å². The molecule has 0 bridgehead atoms. The van der Waals surface area contributed by atoms with Crippen molar-refractivity contribution < 1.29 is 14.3 Å². The second kappa shape index (κ2) is 11.1. The Morgan fingerprint density at radius 1 is 1.23 bits per heavy atom. The van der Waals surface area contributed by atoms with Gasteiger partial charge in [-0.15, -0.1) is 0 Å². The molecule has 2 aromatic rings. The summed E-state index contributed by atoms with van der Waals surface area (Å²) in [4.78, 5) is 4.42. The molecule has 26 heavy (non-hydrogen) atoms. The van der Waals surface area contributed by atoms with Crippen LogP contribution in [-0.4, -0.2) is 44.4 Å². The van der Waals surface area contributed by atoms with Crippen molar-refractivity contribution in [3.63, 3.8) is 0 Å². The fourth-order valence-corrected chi connectivity index (χ4v) is 2.80. The summed E-state index contributed by atoms with van der Waals surface area (Å²) >= 11 is 12.0. The van der Waals surface area contributed by atoms with Gasteiger partial charge >= 0.3 is 0 Å². The molecule has 0 aliphatic heterocycles. The number of rotatable bonds is 9. The lowest BCUT2D eigenvalue weighted by atomic mass is 10.1. The Balaban J connectivity index is 1.93. The molecule has 8 heteroatoms. The van der Waals surface area contributed by atoms with Gasteiger partial charge in [-0.25, -0.2) is 0 Å². The predicted octanol–water partition coefficient (Wildman–Crippen LogP) is 3.04. The number of nitrogens with one attached hydrogen (secondary N) is 2. The van der Waals surface area contributed by atoms with Gasteiger partial charge in [-0.1, -0.05) is 23.2 Å². The first-order valence-corrected chi connectivity index (χ1v) is 9.01. The van der Waals surface area contributed by atoms with Crippen molar-refractivity contribution in [2.45, 2.75) is 12.5 Å². The molecule has 0 saturated carbocycles. The minimum absolute atomic E-state index is 0.166. The molecule has 1 unspecified atom stereocenters. The molecule has 0 aliphatic rings. The van der Waals surface area contributed by atoms with Crippen LogP contribution in [0.25, 0.3) is 0 Å². The van der Waals surface area contributed by atoms with Crippen LogP contribution in [0.2, 0.25) is 10.0 Å². The molecule has 1 atom stereocenters. The van der Waals surface area contributed by atoms with Crippen molar-refractivity contribution in [2.24, 2.45) is 4.99 Å². The number of aliphatic imine (C=N–C) groups is 1. The smallest absolute Gasteiger partial charge is 0.191 e. The standard InChI is InChI=1S/C18H23Cl2N3O3/c1-25-8-6-22-18(21-5-4-16-3-2-7-26-16)23-12-17(24)13-9-14(19)11-15(20)10-13/h2-3,7,9-11,17,24H,4-6,8,12H2,1H3,(H2,21,22,23). The van der Waals surface area contributed by atoms with Crippen LogP contribution in [0.3, 0.4) is 0 Å². The average Bonchev–Trinajstić information content (AvgIpc) is 3.11. The number of methoxy groups -OCH3 is 1. The number of nitrogens with zero attached hydrogens (tertiary/aromatic N) is 1. The van der Waals surface area contributed by atoms with E-state index in [1.165, 1.54) is 0 Å². The minimum Gasteiger partial charge on any atom is -0.469 e. The van der Waals surface area contributed by atoms with Crippen LogP contribution in [0.4, 0.5) is 0 Å². The maximum absolute atomic E-state index is 10.3. The van der Waals surface area contributed by atoms with Gasteiger partial charge in [0.15, 0.2) is 5.96 Å². The van der Waals surface area contributed by atoms with Crippen molar-refractivity contribution in [3.8, 4) is 0 Å². The van der Waals surface area contributed by atoms with Crippen molar-refractivity contribution >= 4 is 29.2 Å². The Morgan fingerprint density at radius 2 is 1.96 bits per heavy atom. The number of benzene rings is 1. The van der Waals surface area contributed by atoms with Gasteiger partial charge in [0.05, 0.1) is 25.5 Å². The third kappa shape index (κ3) is 7.25. The molecule has 0 fully saturated rings. The highest BCUT2D eigenvalue weighted by Crippen LogP contribution is 2.23. The van der Waals surface area contributed by atoms with Gasteiger partial charge in [-0.3, -0.25) is 4.99 Å². The SMILES string of the molecule is COCCNC(=NCC(O)c1cc(Cl)cc(Cl)c1)NCCc1ccco1. The summed E-state index contributed by atoms with van der Waals surface area (Å²) in [6.07, 6.45) is 1.57. The predicted molar refractivity (Wildman–Crippen MR) is 104 cm³/mol. The summed E-state index contributed by atoms with van der Waals surface area (Å²) in [6.45, 7) is 1.96. The van der Waals surface area contributed by atoms with Crippen molar-refractivity contribution in [1.29, 1.82) is 0 Å². The molecule has 2 rings (SSSR count). The molecular weight excluding hydrogens is 377 g/mol. The van der Waals surface area contributed by atoms with E-state index < -0.39 is 6.10 Å². The molecule has 3 N–H and O–H groups in total. The van der Waals surface area contributed by atoms with E-state index in [2.05, 4.69) is 15.6 Å². The number of aliphatic hydroxyl groups is 1. The quantitative estimate of drug-likeness (QED) is 0.343. The topological polar surface area (TPSA) is 79.0 Å². The van der Waals surface area contributed by atoms with E-state index >= 15 is 0 Å². The lowest BCUT2D eigenvalue weighted by molar-refractivity contribution is 0.187. The van der Waals surface area contributed by atoms with Crippen LogP contribution >= 0.6 is 23.2 Å². The van der Waals surface area contributed by atoms with Crippen molar-refractivity contribution in [1.82, 2.24) is 10.6 Å². The zero-order valence-corrected chi connectivity index (χ0v) is 16.1. The number of aliphatic hydroxyl groups excluding tert-OH is 1. The Bertz CT molecular complexity index is 673. The maximum Gasteiger partial charge on any atom is 0.191 e. The largest absolute Gasteiger partial charge is 0.469 e. The molecule has 142 valence electrons. The third-order valence-corrected chi connectivity index (χ3v) is 3.97. The van der Waals surface area contributed by atoms with E-state index in [0.29, 0.717) is 41.3 Å². The zero-order chi connectivity index (χ0) is 18.8. The minimum atomic E-state index is -0.808. The first kappa shape index (κ1) is 20.6. The fraction of sp³-hybridized carbons (Fsp3) is 0.389. The molecular formula is C18H23Cl2N3O3. The second-order valence-electron chi connectivity index (χ2n) is 5.58. The van der Waals surface area contributed by atoms with E-state index in [1.807, 2.05) is 12.1 Å². The Kier molecular flexibility index (Phi) is 8.77. The first-order valence-electron chi connectivity index (χ1n) is 8.26. The molecule has 0 amide bonds. The number of hydrogen-bond donors (Lipinski definition) is 3. The van der Waals surface area contributed by atoms with Gasteiger partial charge < -0.3 is 24.9 Å². The third-order valence-electron chi connectivity index (χ3n) is 3.53. The monoisotopic (exact) mass is 399 g/mol. The highest BCUT2D eigenvalue weighted by Gasteiger charge is 2.10. The first-order chi connectivity index (χ1) is 12.6. The molecule has 0 radical (unpaired) electrons. The van der Waals surface area contributed by atoms with Crippen LogP contribution < -0.4 is 10.6 Å². The number of guanidine groups is 1. The van der Waals surface area contributed by atoms with Gasteiger partial charge in [-0.2, -0.15) is 0 Å². The van der Waals surface area contributed by atoms with E-state index in [1.54, 1.807) is 31.6 Å². The zero-order valence-electron chi connectivity index (χ0n) is 14.5. The molecule has 0 aliphatic carbocycles. The average molecular weight is 400 g/mol. The highest BCUT2D eigenvalue weighted by molar-refractivity contribution is 6.34. The molecule has 1 aromatic carbocycles. The molecule has 1 aromatic heterocycles. The normalized spacial score (nSPS) is 12.8. The van der Waals surface area contributed by atoms with Gasteiger partial charge in [0.2, 0.25) is 0 Å². The van der Waals surface area contributed by atoms with Gasteiger partial charge in [0.1, 0.15) is 5.76 Å². The summed E-state index contributed by atoms with van der Waals surface area (Å²) in [5.41, 5.74) is 0.623. The van der Waals surface area contributed by atoms with E-state index in [9.17, 15) is 5.11 Å². The van der Waals surface area contributed by atoms with E-state index in [4.69, 9.17) is 32.4 Å². The van der Waals surface area contributed by atoms with Crippen molar-refractivity contribution in [3.05, 3.63) is 58.0 Å². The van der Waals surface area contributed by atoms with E-state index in [0.717, 1.165) is 12.2 Å². The highest BCUT2D eigenvalue weighted by atomic mass is 35.5. The summed E-state index contributed by atoms with van der Waals surface area (Å²) in [6, 6.07) is 8.75. The maximum atomic E-state index is 10.3. The van der Waals surface area contributed by atoms with Crippen LogP contribution in [0, 0.1) is 0 Å². The Hall–Kier alpha value is -1.73. The Morgan fingerprint density at radius 3 is 2.62 bits per heavy atom. The van der Waals surface area contributed by atoms with Crippen LogP contribution in [0.5, 0.6) is 0 Å². The second-order valence-corrected chi connectivity index (χ2v) is 6.46. The van der Waals surface area contributed by atoms with Gasteiger partial charge in [-0.05, 0) is 35.9 Å². The Labute approximate surface area is 163 Å². The van der Waals surface area contributed by atoms with Gasteiger partial charge in [0, 0.05) is 36.7 Å². The summed E-state index contributed by atoms with van der Waals surface area (Å²) in [5.74, 6) is 1.48. The van der Waals surface area contributed by atoms with Crippen LogP contribution in [-0.2, 0) is 11.2 Å². The molecule has 0 saturated heterocycles.